The van der Waals surface area contributed by atoms with E-state index < -0.39 is 0 Å². The van der Waals surface area contributed by atoms with Gasteiger partial charge in [0, 0.05) is 35.9 Å². The van der Waals surface area contributed by atoms with Gasteiger partial charge < -0.3 is 4.57 Å². The highest BCUT2D eigenvalue weighted by Crippen LogP contribution is 2.31. The van der Waals surface area contributed by atoms with Crippen LogP contribution in [-0.2, 0) is 19.4 Å². The van der Waals surface area contributed by atoms with Crippen LogP contribution in [0.25, 0.3) is 0 Å². The Bertz CT molecular complexity index is 672. The van der Waals surface area contributed by atoms with E-state index in [1.54, 1.807) is 11.3 Å². The number of imidazole rings is 1. The molecule has 2 aromatic rings. The van der Waals surface area contributed by atoms with Gasteiger partial charge in [-0.05, 0) is 46.0 Å². The average molecular weight is 316 g/mol. The topological polar surface area (TPSA) is 34.0 Å². The summed E-state index contributed by atoms with van der Waals surface area (Å²) in [5.74, 6) is 1.23. The smallest absolute Gasteiger partial charge is 0.107 e. The molecule has 1 atom stereocenters. The molecule has 0 bridgehead atoms. The monoisotopic (exact) mass is 316 g/mol. The summed E-state index contributed by atoms with van der Waals surface area (Å²) in [5.41, 5.74) is 4.05. The predicted molar refractivity (Wildman–Crippen MR) is 89.4 cm³/mol. The Balaban J connectivity index is 1.50. The first kappa shape index (κ1) is 14.4. The predicted octanol–water partition coefficient (Wildman–Crippen LogP) is 3.28. The Kier molecular flexibility index (Phi) is 3.78. The number of hydrogen-bond acceptors (Lipinski definition) is 4. The van der Waals surface area contributed by atoms with Gasteiger partial charge in [-0.25, -0.2) is 9.97 Å². The second-order valence-corrected chi connectivity index (χ2v) is 7.63. The molecule has 0 aromatic carbocycles. The standard InChI is InChI=1S/C17H24N4S/c1-12-11-22-17(18-12)10-20-8-7-14(9-20)21-13(2)19-15-5-3-4-6-16(15)21/h11,14H,3-10H2,1-2H3/t14-/m0/s1. The van der Waals surface area contributed by atoms with Gasteiger partial charge in [-0.15, -0.1) is 11.3 Å². The molecule has 2 aromatic heterocycles. The van der Waals surface area contributed by atoms with Gasteiger partial charge >= 0.3 is 0 Å². The van der Waals surface area contributed by atoms with Gasteiger partial charge in [-0.2, -0.15) is 0 Å². The first-order valence-corrected chi connectivity index (χ1v) is 9.28. The van der Waals surface area contributed by atoms with Crippen LogP contribution in [0.15, 0.2) is 5.38 Å². The maximum Gasteiger partial charge on any atom is 0.107 e. The Morgan fingerprint density at radius 1 is 1.23 bits per heavy atom. The fourth-order valence-corrected chi connectivity index (χ4v) is 4.83. The second-order valence-electron chi connectivity index (χ2n) is 6.69. The molecular formula is C17H24N4S. The molecular weight excluding hydrogens is 292 g/mol. The van der Waals surface area contributed by atoms with E-state index in [1.807, 2.05) is 0 Å². The molecule has 0 saturated carbocycles. The number of likely N-dealkylation sites (tertiary alicyclic amines) is 1. The SMILES string of the molecule is Cc1csc(CN2CC[C@H](n3c(C)nc4c3CCCC4)C2)n1. The van der Waals surface area contributed by atoms with Crippen LogP contribution in [-0.4, -0.2) is 32.5 Å². The van der Waals surface area contributed by atoms with Crippen molar-refractivity contribution in [3.05, 3.63) is 33.3 Å². The lowest BCUT2D eigenvalue weighted by Gasteiger charge is -2.21. The molecule has 1 aliphatic heterocycles. The fourth-order valence-electron chi connectivity index (χ4n) is 4.02. The van der Waals surface area contributed by atoms with Crippen LogP contribution in [0.3, 0.4) is 0 Å². The summed E-state index contributed by atoms with van der Waals surface area (Å²) in [6.07, 6.45) is 6.28. The molecule has 2 aliphatic rings. The lowest BCUT2D eigenvalue weighted by Crippen LogP contribution is -2.22. The molecule has 0 radical (unpaired) electrons. The maximum atomic E-state index is 4.84. The normalized spacial score (nSPS) is 22.2. The minimum atomic E-state index is 0.607. The largest absolute Gasteiger partial charge is 0.328 e. The molecule has 5 heteroatoms. The third kappa shape index (κ3) is 2.61. The summed E-state index contributed by atoms with van der Waals surface area (Å²) in [7, 11) is 0. The highest BCUT2D eigenvalue weighted by molar-refractivity contribution is 7.09. The van der Waals surface area contributed by atoms with Crippen LogP contribution in [0.2, 0.25) is 0 Å². The summed E-state index contributed by atoms with van der Waals surface area (Å²) < 4.78 is 2.56. The lowest BCUT2D eigenvalue weighted by atomic mass is 10.0. The van der Waals surface area contributed by atoms with Crippen molar-refractivity contribution < 1.29 is 0 Å². The van der Waals surface area contributed by atoms with Gasteiger partial charge in [0.1, 0.15) is 10.8 Å². The van der Waals surface area contributed by atoms with Crippen LogP contribution in [0.1, 0.15) is 53.2 Å². The number of hydrogen-bond donors (Lipinski definition) is 0. The van der Waals surface area contributed by atoms with Crippen LogP contribution in [0, 0.1) is 13.8 Å². The lowest BCUT2D eigenvalue weighted by molar-refractivity contribution is 0.313. The van der Waals surface area contributed by atoms with E-state index in [9.17, 15) is 0 Å². The Morgan fingerprint density at radius 2 is 2.09 bits per heavy atom. The minimum Gasteiger partial charge on any atom is -0.328 e. The van der Waals surface area contributed by atoms with Crippen molar-refractivity contribution in [3.63, 3.8) is 0 Å². The average Bonchev–Trinajstić information content (AvgIpc) is 3.18. The number of thiazole rings is 1. The molecule has 22 heavy (non-hydrogen) atoms. The molecule has 3 heterocycles. The van der Waals surface area contributed by atoms with E-state index in [-0.39, 0.29) is 0 Å². The summed E-state index contributed by atoms with van der Waals surface area (Å²) in [6, 6.07) is 0.607. The molecule has 4 rings (SSSR count). The Labute approximate surface area is 136 Å². The van der Waals surface area contributed by atoms with E-state index in [0.29, 0.717) is 6.04 Å². The van der Waals surface area contributed by atoms with Crippen molar-refractivity contribution in [1.82, 2.24) is 19.4 Å². The summed E-state index contributed by atoms with van der Waals surface area (Å²) in [6.45, 7) is 7.59. The molecule has 0 unspecified atom stereocenters. The Morgan fingerprint density at radius 3 is 2.91 bits per heavy atom. The van der Waals surface area contributed by atoms with E-state index in [4.69, 9.17) is 4.98 Å². The zero-order chi connectivity index (χ0) is 15.1. The van der Waals surface area contributed by atoms with Gasteiger partial charge in [-0.1, -0.05) is 0 Å². The molecule has 0 spiro atoms. The second kappa shape index (κ2) is 5.78. The fraction of sp³-hybridized carbons (Fsp3) is 0.647. The highest BCUT2D eigenvalue weighted by Gasteiger charge is 2.29. The van der Waals surface area contributed by atoms with E-state index in [0.717, 1.165) is 18.8 Å². The molecule has 0 amide bonds. The molecule has 118 valence electrons. The highest BCUT2D eigenvalue weighted by atomic mass is 32.1. The summed E-state index contributed by atoms with van der Waals surface area (Å²) in [4.78, 5) is 12.0. The number of nitrogens with zero attached hydrogens (tertiary/aromatic N) is 4. The van der Waals surface area contributed by atoms with Crippen LogP contribution in [0.4, 0.5) is 0 Å². The number of aryl methyl sites for hydroxylation is 3. The Hall–Kier alpha value is -1.20. The van der Waals surface area contributed by atoms with Crippen molar-refractivity contribution in [2.24, 2.45) is 0 Å². The molecule has 1 aliphatic carbocycles. The minimum absolute atomic E-state index is 0.607. The number of aromatic nitrogens is 3. The van der Waals surface area contributed by atoms with Crippen LogP contribution < -0.4 is 0 Å². The first-order valence-electron chi connectivity index (χ1n) is 8.40. The van der Waals surface area contributed by atoms with Crippen molar-refractivity contribution >= 4 is 11.3 Å². The van der Waals surface area contributed by atoms with Crippen LogP contribution >= 0.6 is 11.3 Å². The number of rotatable bonds is 3. The molecule has 1 saturated heterocycles. The molecule has 4 nitrogen and oxygen atoms in total. The van der Waals surface area contributed by atoms with Gasteiger partial charge in [-0.3, -0.25) is 4.90 Å². The van der Waals surface area contributed by atoms with E-state index in [1.165, 1.54) is 60.9 Å². The van der Waals surface area contributed by atoms with E-state index in [2.05, 4.69) is 33.7 Å². The van der Waals surface area contributed by atoms with Gasteiger partial charge in [0.15, 0.2) is 0 Å². The quantitative estimate of drug-likeness (QED) is 0.871. The third-order valence-electron chi connectivity index (χ3n) is 4.98. The summed E-state index contributed by atoms with van der Waals surface area (Å²) in [5, 5.41) is 3.40. The van der Waals surface area contributed by atoms with Crippen molar-refractivity contribution in [2.75, 3.05) is 13.1 Å². The molecule has 0 N–H and O–H groups in total. The number of fused-ring (bicyclic) bond motifs is 1. The van der Waals surface area contributed by atoms with Crippen molar-refractivity contribution in [3.8, 4) is 0 Å². The van der Waals surface area contributed by atoms with Gasteiger partial charge in [0.05, 0.1) is 12.2 Å². The maximum absolute atomic E-state index is 4.84. The van der Waals surface area contributed by atoms with Crippen molar-refractivity contribution in [1.29, 1.82) is 0 Å². The van der Waals surface area contributed by atoms with Crippen molar-refractivity contribution in [2.45, 2.75) is 58.5 Å². The first-order chi connectivity index (χ1) is 10.7. The van der Waals surface area contributed by atoms with Gasteiger partial charge in [0.2, 0.25) is 0 Å². The zero-order valence-corrected chi connectivity index (χ0v) is 14.3. The summed E-state index contributed by atoms with van der Waals surface area (Å²) >= 11 is 1.79. The zero-order valence-electron chi connectivity index (χ0n) is 13.5. The van der Waals surface area contributed by atoms with Crippen LogP contribution in [0.5, 0.6) is 0 Å². The molecule has 1 fully saturated rings. The van der Waals surface area contributed by atoms with E-state index >= 15 is 0 Å². The van der Waals surface area contributed by atoms with Gasteiger partial charge in [0.25, 0.3) is 0 Å². The third-order valence-corrected chi connectivity index (χ3v) is 5.94.